The first kappa shape index (κ1) is 12.9. The molecule has 1 aromatic rings. The highest BCUT2D eigenvalue weighted by Crippen LogP contribution is 2.21. The molecule has 2 atom stereocenters. The van der Waals surface area contributed by atoms with Crippen LogP contribution in [0.25, 0.3) is 0 Å². The summed E-state index contributed by atoms with van der Waals surface area (Å²) in [4.78, 5) is 4.35. The van der Waals surface area contributed by atoms with E-state index in [1.54, 1.807) is 7.11 Å². The van der Waals surface area contributed by atoms with E-state index in [0.29, 0.717) is 18.5 Å². The maximum absolute atomic E-state index is 5.90. The highest BCUT2D eigenvalue weighted by atomic mass is 16.5. The molecule has 0 heterocycles. The van der Waals surface area contributed by atoms with Gasteiger partial charge in [-0.05, 0) is 24.8 Å². The summed E-state index contributed by atoms with van der Waals surface area (Å²) < 4.78 is 5.41. The third-order valence-electron chi connectivity index (χ3n) is 3.36. The number of hydrogen-bond donors (Lipinski definition) is 2. The molecule has 1 fully saturated rings. The van der Waals surface area contributed by atoms with E-state index in [-0.39, 0.29) is 6.10 Å². The van der Waals surface area contributed by atoms with Crippen molar-refractivity contribution < 1.29 is 4.74 Å². The Balaban J connectivity index is 1.85. The fraction of sp³-hybridized carbons (Fsp3) is 0.500. The summed E-state index contributed by atoms with van der Waals surface area (Å²) in [6.07, 6.45) is 3.64. The molecule has 0 radical (unpaired) electrons. The van der Waals surface area contributed by atoms with Gasteiger partial charge in [0.1, 0.15) is 0 Å². The van der Waals surface area contributed by atoms with Crippen LogP contribution in [-0.2, 0) is 11.3 Å². The fourth-order valence-electron chi connectivity index (χ4n) is 2.37. The van der Waals surface area contributed by atoms with Crippen LogP contribution in [0.15, 0.2) is 35.3 Å². The van der Waals surface area contributed by atoms with Gasteiger partial charge in [0.15, 0.2) is 5.96 Å². The largest absolute Gasteiger partial charge is 0.379 e. The van der Waals surface area contributed by atoms with Crippen LogP contribution in [0.4, 0.5) is 0 Å². The van der Waals surface area contributed by atoms with Crippen molar-refractivity contribution in [1.29, 1.82) is 0 Å². The molecule has 0 aromatic heterocycles. The van der Waals surface area contributed by atoms with E-state index < -0.39 is 0 Å². The molecule has 0 saturated heterocycles. The molecule has 18 heavy (non-hydrogen) atoms. The predicted molar refractivity (Wildman–Crippen MR) is 73.3 cm³/mol. The van der Waals surface area contributed by atoms with Crippen molar-refractivity contribution in [3.8, 4) is 0 Å². The molecule has 0 spiro atoms. The molecule has 1 aliphatic carbocycles. The van der Waals surface area contributed by atoms with Gasteiger partial charge < -0.3 is 15.8 Å². The van der Waals surface area contributed by atoms with Gasteiger partial charge >= 0.3 is 0 Å². The number of guanidine groups is 1. The number of methoxy groups -OCH3 is 1. The summed E-state index contributed by atoms with van der Waals surface area (Å²) in [7, 11) is 1.75. The molecule has 1 aliphatic rings. The lowest BCUT2D eigenvalue weighted by Crippen LogP contribution is -2.44. The smallest absolute Gasteiger partial charge is 0.189 e. The maximum Gasteiger partial charge on any atom is 0.189 e. The number of aliphatic imine (C=N–C) groups is 1. The monoisotopic (exact) mass is 247 g/mol. The second-order valence-electron chi connectivity index (χ2n) is 4.64. The predicted octanol–water partition coefficient (Wildman–Crippen LogP) is 1.66. The number of benzene rings is 1. The zero-order valence-corrected chi connectivity index (χ0v) is 10.8. The minimum atomic E-state index is 0.260. The molecule has 1 aromatic carbocycles. The minimum absolute atomic E-state index is 0.260. The number of nitrogens with one attached hydrogen (secondary N) is 1. The average Bonchev–Trinajstić information content (AvgIpc) is 2.85. The number of hydrogen-bond acceptors (Lipinski definition) is 2. The molecule has 0 bridgehead atoms. The molecule has 2 unspecified atom stereocenters. The van der Waals surface area contributed by atoms with Crippen molar-refractivity contribution in [3.63, 3.8) is 0 Å². The topological polar surface area (TPSA) is 59.6 Å². The molecule has 4 nitrogen and oxygen atoms in total. The number of nitrogens with two attached hydrogens (primary N) is 1. The van der Waals surface area contributed by atoms with E-state index >= 15 is 0 Å². The third kappa shape index (κ3) is 3.47. The van der Waals surface area contributed by atoms with E-state index in [2.05, 4.69) is 10.3 Å². The molecule has 1 saturated carbocycles. The molecule has 0 aliphatic heterocycles. The van der Waals surface area contributed by atoms with Crippen molar-refractivity contribution in [2.75, 3.05) is 7.11 Å². The van der Waals surface area contributed by atoms with Gasteiger partial charge in [-0.3, -0.25) is 0 Å². The second kappa shape index (κ2) is 6.40. The summed E-state index contributed by atoms with van der Waals surface area (Å²) in [5.41, 5.74) is 7.07. The quantitative estimate of drug-likeness (QED) is 0.628. The summed E-state index contributed by atoms with van der Waals surface area (Å²) >= 11 is 0. The molecule has 0 amide bonds. The molecular weight excluding hydrogens is 226 g/mol. The SMILES string of the molecule is COC1CCCC1NC(N)=NCc1ccccc1. The Kier molecular flexibility index (Phi) is 4.59. The van der Waals surface area contributed by atoms with Crippen molar-refractivity contribution in [3.05, 3.63) is 35.9 Å². The van der Waals surface area contributed by atoms with E-state index in [4.69, 9.17) is 10.5 Å². The first-order chi connectivity index (χ1) is 8.79. The van der Waals surface area contributed by atoms with Crippen molar-refractivity contribution in [1.82, 2.24) is 5.32 Å². The van der Waals surface area contributed by atoms with Crippen LogP contribution >= 0.6 is 0 Å². The summed E-state index contributed by atoms with van der Waals surface area (Å²) in [6.45, 7) is 0.615. The summed E-state index contributed by atoms with van der Waals surface area (Å²) in [5.74, 6) is 0.507. The number of ether oxygens (including phenoxy) is 1. The lowest BCUT2D eigenvalue weighted by atomic mass is 10.2. The fourth-order valence-corrected chi connectivity index (χ4v) is 2.37. The van der Waals surface area contributed by atoms with E-state index in [1.165, 1.54) is 6.42 Å². The molecular formula is C14H21N3O. The lowest BCUT2D eigenvalue weighted by Gasteiger charge is -2.20. The van der Waals surface area contributed by atoms with Gasteiger partial charge in [0, 0.05) is 7.11 Å². The average molecular weight is 247 g/mol. The van der Waals surface area contributed by atoms with Crippen LogP contribution < -0.4 is 11.1 Å². The Hall–Kier alpha value is -1.55. The van der Waals surface area contributed by atoms with Gasteiger partial charge in [-0.2, -0.15) is 0 Å². The number of nitrogens with zero attached hydrogens (tertiary/aromatic N) is 1. The Labute approximate surface area is 108 Å². The minimum Gasteiger partial charge on any atom is -0.379 e. The van der Waals surface area contributed by atoms with Gasteiger partial charge in [-0.1, -0.05) is 30.3 Å². The molecule has 4 heteroatoms. The van der Waals surface area contributed by atoms with Crippen LogP contribution in [-0.4, -0.2) is 25.2 Å². The van der Waals surface area contributed by atoms with E-state index in [9.17, 15) is 0 Å². The molecule has 3 N–H and O–H groups in total. The van der Waals surface area contributed by atoms with E-state index in [0.717, 1.165) is 18.4 Å². The van der Waals surface area contributed by atoms with Gasteiger partial charge in [0.2, 0.25) is 0 Å². The standard InChI is InChI=1S/C14H21N3O/c1-18-13-9-5-8-12(13)17-14(15)16-10-11-6-3-2-4-7-11/h2-4,6-7,12-13H,5,8-10H2,1H3,(H3,15,16,17). The Morgan fingerprint density at radius 3 is 2.89 bits per heavy atom. The van der Waals surface area contributed by atoms with Gasteiger partial charge in [-0.15, -0.1) is 0 Å². The molecule has 2 rings (SSSR count). The van der Waals surface area contributed by atoms with Crippen LogP contribution in [0.1, 0.15) is 24.8 Å². The first-order valence-corrected chi connectivity index (χ1v) is 6.43. The Bertz CT molecular complexity index is 391. The highest BCUT2D eigenvalue weighted by Gasteiger charge is 2.27. The second-order valence-corrected chi connectivity index (χ2v) is 4.64. The first-order valence-electron chi connectivity index (χ1n) is 6.43. The highest BCUT2D eigenvalue weighted by molar-refractivity contribution is 5.78. The van der Waals surface area contributed by atoms with Crippen LogP contribution in [0, 0.1) is 0 Å². The maximum atomic E-state index is 5.90. The zero-order chi connectivity index (χ0) is 12.8. The van der Waals surface area contributed by atoms with Gasteiger partial charge in [0.05, 0.1) is 18.7 Å². The van der Waals surface area contributed by atoms with Crippen molar-refractivity contribution in [2.24, 2.45) is 10.7 Å². The number of rotatable bonds is 4. The summed E-state index contributed by atoms with van der Waals surface area (Å²) in [6, 6.07) is 10.4. The molecule has 98 valence electrons. The summed E-state index contributed by atoms with van der Waals surface area (Å²) in [5, 5.41) is 3.25. The van der Waals surface area contributed by atoms with Gasteiger partial charge in [-0.25, -0.2) is 4.99 Å². The van der Waals surface area contributed by atoms with Crippen LogP contribution in [0.2, 0.25) is 0 Å². The van der Waals surface area contributed by atoms with Crippen molar-refractivity contribution >= 4 is 5.96 Å². The Morgan fingerprint density at radius 1 is 1.39 bits per heavy atom. The Morgan fingerprint density at radius 2 is 2.17 bits per heavy atom. The van der Waals surface area contributed by atoms with Gasteiger partial charge in [0.25, 0.3) is 0 Å². The third-order valence-corrected chi connectivity index (χ3v) is 3.36. The van der Waals surface area contributed by atoms with Crippen molar-refractivity contribution in [2.45, 2.75) is 38.0 Å². The lowest BCUT2D eigenvalue weighted by molar-refractivity contribution is 0.0906. The van der Waals surface area contributed by atoms with E-state index in [1.807, 2.05) is 30.3 Å². The van der Waals surface area contributed by atoms with Crippen LogP contribution in [0.5, 0.6) is 0 Å². The zero-order valence-electron chi connectivity index (χ0n) is 10.8. The normalized spacial score (nSPS) is 24.2. The van der Waals surface area contributed by atoms with Crippen LogP contribution in [0.3, 0.4) is 0 Å².